The van der Waals surface area contributed by atoms with E-state index in [1.165, 1.54) is 4.31 Å². The quantitative estimate of drug-likeness (QED) is 0.446. The highest BCUT2D eigenvalue weighted by molar-refractivity contribution is 9.10. The Balaban J connectivity index is 1.89. The zero-order valence-electron chi connectivity index (χ0n) is 18.4. The van der Waals surface area contributed by atoms with Gasteiger partial charge >= 0.3 is 0 Å². The van der Waals surface area contributed by atoms with E-state index in [4.69, 9.17) is 0 Å². The molecule has 0 aliphatic heterocycles. The van der Waals surface area contributed by atoms with Crippen LogP contribution in [0.3, 0.4) is 0 Å². The molecule has 7 heteroatoms. The van der Waals surface area contributed by atoms with E-state index >= 15 is 0 Å². The second-order valence-corrected chi connectivity index (χ2v) is 10.6. The number of carbonyl (C=O) groups excluding carboxylic acids is 1. The van der Waals surface area contributed by atoms with Gasteiger partial charge in [0.05, 0.1) is 11.4 Å². The molecule has 3 rings (SSSR count). The summed E-state index contributed by atoms with van der Waals surface area (Å²) in [5.74, 6) is -0.383. The number of hydrogen-bond donors (Lipinski definition) is 1. The Hall–Kier alpha value is -2.48. The molecule has 5 nitrogen and oxygen atoms in total. The van der Waals surface area contributed by atoms with Gasteiger partial charge in [-0.05, 0) is 68.1 Å². The van der Waals surface area contributed by atoms with Crippen molar-refractivity contribution in [3.05, 3.63) is 93.5 Å². The third-order valence-corrected chi connectivity index (χ3v) is 7.82. The summed E-state index contributed by atoms with van der Waals surface area (Å²) in [6, 6.07) is 20.5. The minimum Gasteiger partial charge on any atom is -0.325 e. The van der Waals surface area contributed by atoms with Gasteiger partial charge in [0, 0.05) is 16.7 Å². The summed E-state index contributed by atoms with van der Waals surface area (Å²) < 4.78 is 29.5. The van der Waals surface area contributed by atoms with Crippen molar-refractivity contribution in [1.29, 1.82) is 0 Å². The lowest BCUT2D eigenvalue weighted by molar-refractivity contribution is -0.116. The van der Waals surface area contributed by atoms with Crippen molar-refractivity contribution >= 4 is 37.5 Å². The third-order valence-electron chi connectivity index (χ3n) is 5.14. The molecule has 32 heavy (non-hydrogen) atoms. The molecule has 0 fully saturated rings. The molecule has 0 saturated heterocycles. The van der Waals surface area contributed by atoms with Crippen LogP contribution in [0.1, 0.15) is 22.3 Å². The molecule has 0 spiro atoms. The van der Waals surface area contributed by atoms with Crippen LogP contribution in [0.2, 0.25) is 0 Å². The molecular weight excluding hydrogens is 488 g/mol. The van der Waals surface area contributed by atoms with Crippen LogP contribution >= 0.6 is 15.9 Å². The van der Waals surface area contributed by atoms with Crippen LogP contribution in [0.5, 0.6) is 0 Å². The number of nitrogens with zero attached hydrogens (tertiary/aromatic N) is 1. The number of nitrogens with one attached hydrogen (secondary N) is 1. The Morgan fingerprint density at radius 1 is 0.938 bits per heavy atom. The van der Waals surface area contributed by atoms with Gasteiger partial charge in [-0.2, -0.15) is 4.31 Å². The third kappa shape index (κ3) is 6.06. The summed E-state index contributed by atoms with van der Waals surface area (Å²) in [4.78, 5) is 13.1. The summed E-state index contributed by atoms with van der Waals surface area (Å²) in [6.07, 6.45) is 0.510. The van der Waals surface area contributed by atoms with Crippen molar-refractivity contribution in [1.82, 2.24) is 4.31 Å². The van der Waals surface area contributed by atoms with Crippen molar-refractivity contribution in [2.75, 3.05) is 18.4 Å². The van der Waals surface area contributed by atoms with Crippen LogP contribution in [0, 0.1) is 20.8 Å². The van der Waals surface area contributed by atoms with Crippen LogP contribution in [0.15, 0.2) is 76.1 Å². The fourth-order valence-electron chi connectivity index (χ4n) is 3.78. The Morgan fingerprint density at radius 3 is 2.12 bits per heavy atom. The number of sulfonamides is 1. The van der Waals surface area contributed by atoms with Crippen molar-refractivity contribution in [2.24, 2.45) is 0 Å². The molecule has 0 radical (unpaired) electrons. The van der Waals surface area contributed by atoms with Gasteiger partial charge in [0.25, 0.3) is 0 Å². The number of aryl methyl sites for hydroxylation is 3. The van der Waals surface area contributed by atoms with Gasteiger partial charge in [0.1, 0.15) is 0 Å². The number of halogens is 1. The van der Waals surface area contributed by atoms with E-state index < -0.39 is 10.0 Å². The zero-order valence-corrected chi connectivity index (χ0v) is 20.8. The van der Waals surface area contributed by atoms with Crippen molar-refractivity contribution < 1.29 is 13.2 Å². The van der Waals surface area contributed by atoms with E-state index in [1.807, 2.05) is 61.5 Å². The smallest absolute Gasteiger partial charge is 0.244 e. The molecule has 0 aliphatic carbocycles. The van der Waals surface area contributed by atoms with Crippen LogP contribution in [-0.2, 0) is 21.2 Å². The normalized spacial score (nSPS) is 11.5. The van der Waals surface area contributed by atoms with Gasteiger partial charge in [-0.25, -0.2) is 8.42 Å². The molecule has 1 amide bonds. The first-order chi connectivity index (χ1) is 15.2. The van der Waals surface area contributed by atoms with Crippen LogP contribution < -0.4 is 5.32 Å². The molecular formula is C25H27BrN2O3S. The molecule has 168 valence electrons. The topological polar surface area (TPSA) is 66.5 Å². The fourth-order valence-corrected chi connectivity index (χ4v) is 5.85. The van der Waals surface area contributed by atoms with E-state index in [2.05, 4.69) is 21.2 Å². The van der Waals surface area contributed by atoms with Crippen molar-refractivity contribution in [2.45, 2.75) is 32.1 Å². The molecule has 0 aromatic heterocycles. The minimum atomic E-state index is -3.88. The standard InChI is InChI=1S/C25H27BrN2O3S/c1-18-15-19(2)25(20(3)16-18)32(30,31)28(14-13-21-7-5-4-6-8-21)17-24(29)27-23-11-9-22(26)10-12-23/h4-12,15-16H,13-14,17H2,1-3H3,(H,27,29). The summed E-state index contributed by atoms with van der Waals surface area (Å²) in [7, 11) is -3.88. The Morgan fingerprint density at radius 2 is 1.53 bits per heavy atom. The Kier molecular flexibility index (Phi) is 7.87. The average Bonchev–Trinajstić information content (AvgIpc) is 2.72. The molecule has 0 aliphatic rings. The minimum absolute atomic E-state index is 0.201. The first-order valence-corrected chi connectivity index (χ1v) is 12.6. The highest BCUT2D eigenvalue weighted by Crippen LogP contribution is 2.26. The number of amides is 1. The van der Waals surface area contributed by atoms with E-state index in [1.54, 1.807) is 26.0 Å². The maximum atomic E-state index is 13.7. The SMILES string of the molecule is Cc1cc(C)c(S(=O)(=O)N(CCc2ccccc2)CC(=O)Nc2ccc(Br)cc2)c(C)c1. The summed E-state index contributed by atoms with van der Waals surface area (Å²) in [5, 5.41) is 2.79. The van der Waals surface area contributed by atoms with E-state index in [0.717, 1.165) is 15.6 Å². The van der Waals surface area contributed by atoms with Gasteiger partial charge in [0.2, 0.25) is 15.9 Å². The monoisotopic (exact) mass is 514 g/mol. The molecule has 1 N–H and O–H groups in total. The van der Waals surface area contributed by atoms with Gasteiger partial charge in [-0.15, -0.1) is 0 Å². The van der Waals surface area contributed by atoms with Gasteiger partial charge < -0.3 is 5.32 Å². The highest BCUT2D eigenvalue weighted by atomic mass is 79.9. The Labute approximate surface area is 198 Å². The Bertz CT molecular complexity index is 1170. The fraction of sp³-hybridized carbons (Fsp3) is 0.240. The van der Waals surface area contributed by atoms with Gasteiger partial charge in [-0.1, -0.05) is 64.0 Å². The van der Waals surface area contributed by atoms with E-state index in [-0.39, 0.29) is 23.9 Å². The molecule has 0 saturated carbocycles. The maximum absolute atomic E-state index is 13.7. The average molecular weight is 515 g/mol. The predicted octanol–water partition coefficient (Wildman–Crippen LogP) is 5.25. The first kappa shape index (κ1) is 24.2. The lowest BCUT2D eigenvalue weighted by Gasteiger charge is -2.24. The van der Waals surface area contributed by atoms with Crippen LogP contribution in [0.4, 0.5) is 5.69 Å². The molecule has 0 unspecified atom stereocenters. The van der Waals surface area contributed by atoms with Crippen molar-refractivity contribution in [3.8, 4) is 0 Å². The molecule has 3 aromatic carbocycles. The molecule has 0 bridgehead atoms. The summed E-state index contributed by atoms with van der Waals surface area (Å²) in [6.45, 7) is 5.47. The largest absolute Gasteiger partial charge is 0.325 e. The summed E-state index contributed by atoms with van der Waals surface area (Å²) in [5.41, 5.74) is 3.99. The number of rotatable bonds is 8. The van der Waals surface area contributed by atoms with Gasteiger partial charge in [-0.3, -0.25) is 4.79 Å². The molecule has 3 aromatic rings. The second-order valence-electron chi connectivity index (χ2n) is 7.86. The second kappa shape index (κ2) is 10.4. The van der Waals surface area contributed by atoms with E-state index in [9.17, 15) is 13.2 Å². The number of anilines is 1. The summed E-state index contributed by atoms with van der Waals surface area (Å²) >= 11 is 3.36. The highest BCUT2D eigenvalue weighted by Gasteiger charge is 2.29. The van der Waals surface area contributed by atoms with Crippen LogP contribution in [0.25, 0.3) is 0 Å². The first-order valence-electron chi connectivity index (χ1n) is 10.3. The predicted molar refractivity (Wildman–Crippen MR) is 132 cm³/mol. The lowest BCUT2D eigenvalue weighted by Crippen LogP contribution is -2.39. The lowest BCUT2D eigenvalue weighted by atomic mass is 10.1. The van der Waals surface area contributed by atoms with Crippen LogP contribution in [-0.4, -0.2) is 31.7 Å². The number of hydrogen-bond acceptors (Lipinski definition) is 3. The maximum Gasteiger partial charge on any atom is 0.244 e. The van der Waals surface area contributed by atoms with Crippen molar-refractivity contribution in [3.63, 3.8) is 0 Å². The van der Waals surface area contributed by atoms with Gasteiger partial charge in [0.15, 0.2) is 0 Å². The van der Waals surface area contributed by atoms with E-state index in [0.29, 0.717) is 23.2 Å². The molecule has 0 heterocycles. The number of benzene rings is 3. The number of carbonyl (C=O) groups is 1. The molecule has 0 atom stereocenters. The zero-order chi connectivity index (χ0) is 23.3.